The first-order chi connectivity index (χ1) is 9.35. The van der Waals surface area contributed by atoms with Gasteiger partial charge in [-0.05, 0) is 25.0 Å². The lowest BCUT2D eigenvalue weighted by atomic mass is 10.2. The van der Waals surface area contributed by atoms with Gasteiger partial charge in [-0.15, -0.1) is 5.10 Å². The van der Waals surface area contributed by atoms with E-state index in [9.17, 15) is 0 Å². The number of rotatable bonds is 4. The summed E-state index contributed by atoms with van der Waals surface area (Å²) in [7, 11) is 0. The Hall–Kier alpha value is -2.68. The molecular weight excluding hydrogens is 240 g/mol. The number of anilines is 3. The van der Waals surface area contributed by atoms with Gasteiger partial charge in [-0.2, -0.15) is 15.3 Å². The molecule has 1 saturated carbocycles. The van der Waals surface area contributed by atoms with E-state index in [0.717, 1.165) is 0 Å². The molecule has 0 spiro atoms. The van der Waals surface area contributed by atoms with E-state index in [-0.39, 0.29) is 0 Å². The molecule has 0 radical (unpaired) electrons. The van der Waals surface area contributed by atoms with Crippen LogP contribution in [0.25, 0.3) is 0 Å². The first-order valence-corrected chi connectivity index (χ1v) is 6.07. The van der Waals surface area contributed by atoms with Crippen LogP contribution < -0.4 is 10.6 Å². The number of nitriles is 1. The second-order valence-electron chi connectivity index (χ2n) is 4.37. The van der Waals surface area contributed by atoms with Gasteiger partial charge in [0, 0.05) is 6.04 Å². The summed E-state index contributed by atoms with van der Waals surface area (Å²) in [6, 6.07) is 9.84. The highest BCUT2D eigenvalue weighted by atomic mass is 15.3. The summed E-state index contributed by atoms with van der Waals surface area (Å²) in [5.41, 5.74) is 1.22. The molecule has 0 bridgehead atoms. The zero-order chi connectivity index (χ0) is 13.1. The molecule has 0 atom stereocenters. The van der Waals surface area contributed by atoms with Crippen molar-refractivity contribution in [2.75, 3.05) is 10.6 Å². The summed E-state index contributed by atoms with van der Waals surface area (Å²) in [6.45, 7) is 0. The summed E-state index contributed by atoms with van der Waals surface area (Å²) in [6.07, 6.45) is 3.94. The normalized spacial score (nSPS) is 13.6. The Balaban J connectivity index is 1.80. The molecule has 1 fully saturated rings. The summed E-state index contributed by atoms with van der Waals surface area (Å²) >= 11 is 0. The minimum atomic E-state index is 0.383. The number of aromatic nitrogens is 3. The Morgan fingerprint density at radius 1 is 1.26 bits per heavy atom. The zero-order valence-electron chi connectivity index (χ0n) is 10.2. The van der Waals surface area contributed by atoms with Crippen LogP contribution in [0, 0.1) is 11.3 Å². The standard InChI is InChI=1S/C13H12N6/c14-7-9-3-1-2-4-11(9)17-13-18-12(8-15-19-13)16-10-5-6-10/h1-4,8,10H,5-6H2,(H2,16,17,18,19). The maximum atomic E-state index is 9.02. The molecule has 0 aliphatic heterocycles. The van der Waals surface area contributed by atoms with E-state index >= 15 is 0 Å². The lowest BCUT2D eigenvalue weighted by molar-refractivity contribution is 0.965. The molecule has 19 heavy (non-hydrogen) atoms. The lowest BCUT2D eigenvalue weighted by Gasteiger charge is -2.07. The van der Waals surface area contributed by atoms with Gasteiger partial charge in [-0.25, -0.2) is 0 Å². The van der Waals surface area contributed by atoms with Crippen LogP contribution in [0.15, 0.2) is 30.5 Å². The SMILES string of the molecule is N#Cc1ccccc1Nc1nncc(NC2CC2)n1. The molecule has 0 saturated heterocycles. The molecule has 3 rings (SSSR count). The number of benzene rings is 1. The van der Waals surface area contributed by atoms with E-state index in [1.54, 1.807) is 12.3 Å². The molecular formula is C13H12N6. The highest BCUT2D eigenvalue weighted by Crippen LogP contribution is 2.24. The van der Waals surface area contributed by atoms with Crippen molar-refractivity contribution >= 4 is 17.5 Å². The molecule has 1 aliphatic rings. The van der Waals surface area contributed by atoms with Gasteiger partial charge in [0.15, 0.2) is 5.82 Å². The summed E-state index contributed by atoms with van der Waals surface area (Å²) in [5, 5.41) is 23.1. The fourth-order valence-corrected chi connectivity index (χ4v) is 1.67. The first kappa shape index (κ1) is 11.4. The van der Waals surface area contributed by atoms with Gasteiger partial charge in [0.1, 0.15) is 6.07 Å². The van der Waals surface area contributed by atoms with Crippen molar-refractivity contribution in [2.45, 2.75) is 18.9 Å². The first-order valence-electron chi connectivity index (χ1n) is 6.07. The van der Waals surface area contributed by atoms with Gasteiger partial charge in [0.05, 0.1) is 17.4 Å². The smallest absolute Gasteiger partial charge is 0.249 e. The predicted octanol–water partition coefficient (Wildman–Crippen LogP) is 2.06. The van der Waals surface area contributed by atoms with Gasteiger partial charge in [-0.1, -0.05) is 12.1 Å². The van der Waals surface area contributed by atoms with Crippen molar-refractivity contribution in [3.8, 4) is 6.07 Å². The molecule has 1 aromatic carbocycles. The molecule has 0 unspecified atom stereocenters. The molecule has 1 aliphatic carbocycles. The lowest BCUT2D eigenvalue weighted by Crippen LogP contribution is -2.07. The predicted molar refractivity (Wildman–Crippen MR) is 70.9 cm³/mol. The van der Waals surface area contributed by atoms with Crippen LogP contribution in [0.4, 0.5) is 17.5 Å². The van der Waals surface area contributed by atoms with Crippen molar-refractivity contribution in [3.63, 3.8) is 0 Å². The highest BCUT2D eigenvalue weighted by molar-refractivity contribution is 5.63. The van der Waals surface area contributed by atoms with Crippen molar-refractivity contribution < 1.29 is 0 Å². The Morgan fingerprint density at radius 2 is 2.11 bits per heavy atom. The molecule has 6 heteroatoms. The van der Waals surface area contributed by atoms with Crippen LogP contribution in [0.5, 0.6) is 0 Å². The van der Waals surface area contributed by atoms with Crippen molar-refractivity contribution in [1.29, 1.82) is 5.26 Å². The molecule has 6 nitrogen and oxygen atoms in total. The number of nitrogens with one attached hydrogen (secondary N) is 2. The highest BCUT2D eigenvalue weighted by Gasteiger charge is 2.21. The van der Waals surface area contributed by atoms with Crippen molar-refractivity contribution in [2.24, 2.45) is 0 Å². The van der Waals surface area contributed by atoms with Crippen LogP contribution in [0.3, 0.4) is 0 Å². The molecule has 2 aromatic rings. The van der Waals surface area contributed by atoms with Crippen LogP contribution in [0.1, 0.15) is 18.4 Å². The summed E-state index contributed by atoms with van der Waals surface area (Å²) < 4.78 is 0. The fourth-order valence-electron chi connectivity index (χ4n) is 1.67. The van der Waals surface area contributed by atoms with Crippen molar-refractivity contribution in [1.82, 2.24) is 15.2 Å². The van der Waals surface area contributed by atoms with Crippen LogP contribution in [-0.2, 0) is 0 Å². The minimum absolute atomic E-state index is 0.383. The summed E-state index contributed by atoms with van der Waals surface area (Å²) in [5.74, 6) is 1.09. The number of para-hydroxylation sites is 1. The third kappa shape index (κ3) is 2.77. The quantitative estimate of drug-likeness (QED) is 0.866. The molecule has 2 N–H and O–H groups in total. The van der Waals surface area contributed by atoms with Crippen molar-refractivity contribution in [3.05, 3.63) is 36.0 Å². The molecule has 94 valence electrons. The maximum Gasteiger partial charge on any atom is 0.249 e. The Bertz CT molecular complexity index is 629. The largest absolute Gasteiger partial charge is 0.366 e. The van der Waals surface area contributed by atoms with E-state index in [0.29, 0.717) is 29.1 Å². The van der Waals surface area contributed by atoms with Gasteiger partial charge < -0.3 is 10.6 Å². The Morgan fingerprint density at radius 3 is 2.89 bits per heavy atom. The minimum Gasteiger partial charge on any atom is -0.366 e. The van der Waals surface area contributed by atoms with Crippen LogP contribution in [0.2, 0.25) is 0 Å². The van der Waals surface area contributed by atoms with E-state index in [4.69, 9.17) is 5.26 Å². The maximum absolute atomic E-state index is 9.02. The molecule has 1 aromatic heterocycles. The molecule has 0 amide bonds. The van der Waals surface area contributed by atoms with E-state index in [2.05, 4.69) is 31.9 Å². The van der Waals surface area contributed by atoms with Gasteiger partial charge in [-0.3, -0.25) is 0 Å². The monoisotopic (exact) mass is 252 g/mol. The number of hydrogen-bond donors (Lipinski definition) is 2. The number of hydrogen-bond acceptors (Lipinski definition) is 6. The zero-order valence-corrected chi connectivity index (χ0v) is 10.2. The second kappa shape index (κ2) is 4.90. The second-order valence-corrected chi connectivity index (χ2v) is 4.37. The van der Waals surface area contributed by atoms with E-state index in [1.807, 2.05) is 18.2 Å². The Labute approximate surface area is 110 Å². The average Bonchev–Trinajstić information content (AvgIpc) is 3.24. The van der Waals surface area contributed by atoms with Gasteiger partial charge >= 0.3 is 0 Å². The van der Waals surface area contributed by atoms with E-state index < -0.39 is 0 Å². The van der Waals surface area contributed by atoms with Gasteiger partial charge in [0.25, 0.3) is 0 Å². The third-order valence-electron chi connectivity index (χ3n) is 2.78. The average molecular weight is 252 g/mol. The van der Waals surface area contributed by atoms with Crippen LogP contribution >= 0.6 is 0 Å². The number of nitrogens with zero attached hydrogens (tertiary/aromatic N) is 4. The van der Waals surface area contributed by atoms with Crippen LogP contribution in [-0.4, -0.2) is 21.2 Å². The third-order valence-corrected chi connectivity index (χ3v) is 2.78. The summed E-state index contributed by atoms with van der Waals surface area (Å²) in [4.78, 5) is 4.32. The fraction of sp³-hybridized carbons (Fsp3) is 0.231. The topological polar surface area (TPSA) is 86.5 Å². The Kier molecular flexibility index (Phi) is 2.94. The molecule has 1 heterocycles. The van der Waals surface area contributed by atoms with E-state index in [1.165, 1.54) is 12.8 Å². The van der Waals surface area contributed by atoms with Gasteiger partial charge in [0.2, 0.25) is 5.95 Å².